The summed E-state index contributed by atoms with van der Waals surface area (Å²) in [6, 6.07) is 19.0. The van der Waals surface area contributed by atoms with Gasteiger partial charge in [-0.25, -0.2) is 4.79 Å². The number of nitrogens with zero attached hydrogens (tertiary/aromatic N) is 3. The molecule has 1 unspecified atom stereocenters. The van der Waals surface area contributed by atoms with Crippen LogP contribution in [-0.2, 0) is 16.0 Å². The van der Waals surface area contributed by atoms with E-state index in [4.69, 9.17) is 9.73 Å². The zero-order valence-corrected chi connectivity index (χ0v) is 15.2. The average molecular weight is 359 g/mol. The predicted molar refractivity (Wildman–Crippen MR) is 105 cm³/mol. The van der Waals surface area contributed by atoms with E-state index >= 15 is 0 Å². The van der Waals surface area contributed by atoms with Gasteiger partial charge in [0.05, 0.1) is 18.0 Å². The highest BCUT2D eigenvalue weighted by Crippen LogP contribution is 2.14. The molecule has 0 radical (unpaired) electrons. The molecule has 0 aliphatic heterocycles. The summed E-state index contributed by atoms with van der Waals surface area (Å²) in [4.78, 5) is 25.7. The van der Waals surface area contributed by atoms with Crippen molar-refractivity contribution in [3.8, 4) is 0 Å². The number of esters is 1. The number of benzene rings is 2. The third kappa shape index (κ3) is 5.07. The number of hydrogen-bond acceptors (Lipinski definition) is 5. The van der Waals surface area contributed by atoms with Crippen molar-refractivity contribution in [2.75, 3.05) is 6.61 Å². The normalized spacial score (nSPS) is 11.4. The van der Waals surface area contributed by atoms with Crippen LogP contribution in [0.5, 0.6) is 0 Å². The van der Waals surface area contributed by atoms with Gasteiger partial charge < -0.3 is 4.74 Å². The monoisotopic (exact) mass is 359 g/mol. The van der Waals surface area contributed by atoms with E-state index in [1.165, 1.54) is 0 Å². The van der Waals surface area contributed by atoms with Crippen LogP contribution in [0.3, 0.4) is 0 Å². The number of aromatic nitrogens is 2. The van der Waals surface area contributed by atoms with Crippen molar-refractivity contribution >= 4 is 11.7 Å². The van der Waals surface area contributed by atoms with Crippen LogP contribution < -0.4 is 0 Å². The molecule has 1 heterocycles. The zero-order valence-electron chi connectivity index (χ0n) is 15.2. The van der Waals surface area contributed by atoms with E-state index in [0.717, 1.165) is 16.8 Å². The van der Waals surface area contributed by atoms with Gasteiger partial charge in [-0.1, -0.05) is 60.7 Å². The molecule has 2 aromatic carbocycles. The fraction of sp³-hybridized carbons (Fsp3) is 0.182. The van der Waals surface area contributed by atoms with Gasteiger partial charge in [-0.05, 0) is 6.92 Å². The number of hydrogen-bond donors (Lipinski definition) is 0. The highest BCUT2D eigenvalue weighted by atomic mass is 16.5. The maximum atomic E-state index is 12.6. The fourth-order valence-electron chi connectivity index (χ4n) is 2.72. The molecule has 136 valence electrons. The van der Waals surface area contributed by atoms with Crippen molar-refractivity contribution in [3.63, 3.8) is 0 Å². The van der Waals surface area contributed by atoms with Crippen LogP contribution >= 0.6 is 0 Å². The zero-order chi connectivity index (χ0) is 18.9. The van der Waals surface area contributed by atoms with Crippen LogP contribution in [0.1, 0.15) is 23.7 Å². The average Bonchev–Trinajstić information content (AvgIpc) is 2.73. The van der Waals surface area contributed by atoms with Crippen LogP contribution in [0.15, 0.2) is 84.2 Å². The predicted octanol–water partition coefficient (Wildman–Crippen LogP) is 3.49. The molecule has 5 nitrogen and oxygen atoms in total. The Kier molecular flexibility index (Phi) is 6.41. The fourth-order valence-corrected chi connectivity index (χ4v) is 2.72. The third-order valence-corrected chi connectivity index (χ3v) is 3.96. The Hall–Kier alpha value is -3.34. The summed E-state index contributed by atoms with van der Waals surface area (Å²) in [5, 5.41) is 0. The highest BCUT2D eigenvalue weighted by Gasteiger charge is 2.22. The molecule has 0 amide bonds. The van der Waals surface area contributed by atoms with E-state index < -0.39 is 6.04 Å². The minimum Gasteiger partial charge on any atom is -0.464 e. The summed E-state index contributed by atoms with van der Waals surface area (Å²) in [5.41, 5.74) is 3.33. The molecule has 0 fully saturated rings. The lowest BCUT2D eigenvalue weighted by Crippen LogP contribution is -2.26. The number of ether oxygens (including phenoxy) is 1. The molecule has 0 aliphatic carbocycles. The first kappa shape index (κ1) is 18.5. The number of aliphatic imine (C=N–C) groups is 1. The standard InChI is InChI=1S/C22H21N3O2/c1-2-27-22(26)20(15-19-16-23-13-14-24-19)25-21(17-9-5-3-6-10-17)18-11-7-4-8-12-18/h3-14,16,20H,2,15H2,1H3. The Balaban J connectivity index is 2.03. The van der Waals surface area contributed by atoms with Gasteiger partial charge in [0.1, 0.15) is 0 Å². The van der Waals surface area contributed by atoms with Gasteiger partial charge >= 0.3 is 5.97 Å². The van der Waals surface area contributed by atoms with E-state index in [0.29, 0.717) is 18.7 Å². The van der Waals surface area contributed by atoms with E-state index in [1.54, 1.807) is 25.5 Å². The Morgan fingerprint density at radius 2 is 1.63 bits per heavy atom. The van der Waals surface area contributed by atoms with Gasteiger partial charge in [0.2, 0.25) is 0 Å². The van der Waals surface area contributed by atoms with Gasteiger partial charge in [-0.15, -0.1) is 0 Å². The summed E-state index contributed by atoms with van der Waals surface area (Å²) in [5.74, 6) is -0.368. The van der Waals surface area contributed by atoms with E-state index in [2.05, 4.69) is 9.97 Å². The summed E-state index contributed by atoms with van der Waals surface area (Å²) in [6.07, 6.45) is 5.18. The van der Waals surface area contributed by atoms with Crippen LogP contribution in [0.25, 0.3) is 0 Å². The lowest BCUT2D eigenvalue weighted by atomic mass is 10.0. The molecule has 1 atom stereocenters. The summed E-state index contributed by atoms with van der Waals surface area (Å²) >= 11 is 0. The number of rotatable bonds is 7. The molecule has 1 aromatic heterocycles. The molecule has 3 rings (SSSR count). The van der Waals surface area contributed by atoms with E-state index in [1.807, 2.05) is 60.7 Å². The van der Waals surface area contributed by atoms with E-state index in [-0.39, 0.29) is 5.97 Å². The molecule has 27 heavy (non-hydrogen) atoms. The van der Waals surface area contributed by atoms with Gasteiger partial charge in [-0.3, -0.25) is 15.0 Å². The van der Waals surface area contributed by atoms with Gasteiger partial charge in [0.15, 0.2) is 6.04 Å². The second-order valence-electron chi connectivity index (χ2n) is 5.88. The minimum atomic E-state index is -0.697. The first-order chi connectivity index (χ1) is 13.3. The first-order valence-electron chi connectivity index (χ1n) is 8.88. The van der Waals surface area contributed by atoms with E-state index in [9.17, 15) is 4.79 Å². The summed E-state index contributed by atoms with van der Waals surface area (Å²) in [7, 11) is 0. The van der Waals surface area contributed by atoms with Crippen molar-refractivity contribution in [1.82, 2.24) is 9.97 Å². The van der Waals surface area contributed by atoms with Crippen LogP contribution in [0.2, 0.25) is 0 Å². The molecule has 0 saturated carbocycles. The topological polar surface area (TPSA) is 64.4 Å². The van der Waals surface area contributed by atoms with Crippen LogP contribution in [0.4, 0.5) is 0 Å². The quantitative estimate of drug-likeness (QED) is 0.478. The molecule has 0 N–H and O–H groups in total. The third-order valence-electron chi connectivity index (χ3n) is 3.96. The molecule has 5 heteroatoms. The molecule has 3 aromatic rings. The minimum absolute atomic E-state index is 0.303. The number of carbonyl (C=O) groups is 1. The number of carbonyl (C=O) groups excluding carboxylic acids is 1. The van der Waals surface area contributed by atoms with Crippen molar-refractivity contribution < 1.29 is 9.53 Å². The summed E-state index contributed by atoms with van der Waals surface area (Å²) < 4.78 is 5.25. The molecule has 0 spiro atoms. The Bertz CT molecular complexity index is 840. The Morgan fingerprint density at radius 1 is 1.00 bits per heavy atom. The molecule has 0 bridgehead atoms. The highest BCUT2D eigenvalue weighted by molar-refractivity contribution is 6.13. The second kappa shape index (κ2) is 9.38. The van der Waals surface area contributed by atoms with Crippen molar-refractivity contribution in [2.24, 2.45) is 4.99 Å². The van der Waals surface area contributed by atoms with Crippen LogP contribution in [-0.4, -0.2) is 34.3 Å². The van der Waals surface area contributed by atoms with Gasteiger partial charge in [-0.2, -0.15) is 0 Å². The molecular weight excluding hydrogens is 338 g/mol. The van der Waals surface area contributed by atoms with Crippen molar-refractivity contribution in [2.45, 2.75) is 19.4 Å². The molecular formula is C22H21N3O2. The lowest BCUT2D eigenvalue weighted by Gasteiger charge is -2.15. The van der Waals surface area contributed by atoms with Crippen molar-refractivity contribution in [3.05, 3.63) is 96.1 Å². The largest absolute Gasteiger partial charge is 0.464 e. The maximum absolute atomic E-state index is 12.6. The Labute approximate surface area is 158 Å². The van der Waals surface area contributed by atoms with Crippen LogP contribution in [0, 0.1) is 0 Å². The SMILES string of the molecule is CCOC(=O)C(Cc1cnccn1)N=C(c1ccccc1)c1ccccc1. The lowest BCUT2D eigenvalue weighted by molar-refractivity contribution is -0.144. The maximum Gasteiger partial charge on any atom is 0.331 e. The smallest absolute Gasteiger partial charge is 0.331 e. The Morgan fingerprint density at radius 3 is 2.15 bits per heavy atom. The van der Waals surface area contributed by atoms with Gasteiger partial charge in [0, 0.05) is 36.1 Å². The van der Waals surface area contributed by atoms with Crippen molar-refractivity contribution in [1.29, 1.82) is 0 Å². The molecule has 0 aliphatic rings. The van der Waals surface area contributed by atoms with Gasteiger partial charge in [0.25, 0.3) is 0 Å². The molecule has 0 saturated heterocycles. The summed E-state index contributed by atoms with van der Waals surface area (Å²) in [6.45, 7) is 2.09. The first-order valence-corrected chi connectivity index (χ1v) is 8.88. The second-order valence-corrected chi connectivity index (χ2v) is 5.88.